The number of ether oxygens (including phenoxy) is 3. The van der Waals surface area contributed by atoms with Crippen molar-refractivity contribution < 1.29 is 28.6 Å². The summed E-state index contributed by atoms with van der Waals surface area (Å²) < 4.78 is 15.9. The third kappa shape index (κ3) is 4.50. The number of carbonyl (C=O) groups excluding carboxylic acids is 3. The quantitative estimate of drug-likeness (QED) is 0.492. The number of rotatable bonds is 7. The first-order chi connectivity index (χ1) is 14.0. The van der Waals surface area contributed by atoms with E-state index in [4.69, 9.17) is 14.2 Å². The van der Waals surface area contributed by atoms with Crippen molar-refractivity contribution in [3.8, 4) is 11.5 Å². The van der Waals surface area contributed by atoms with Crippen LogP contribution in [0.1, 0.15) is 25.3 Å². The van der Waals surface area contributed by atoms with Gasteiger partial charge in [-0.2, -0.15) is 0 Å². The molecule has 0 spiro atoms. The van der Waals surface area contributed by atoms with Gasteiger partial charge in [-0.15, -0.1) is 0 Å². The van der Waals surface area contributed by atoms with Crippen molar-refractivity contribution in [1.82, 2.24) is 4.90 Å². The van der Waals surface area contributed by atoms with E-state index in [-0.39, 0.29) is 11.5 Å². The predicted molar refractivity (Wildman–Crippen MR) is 110 cm³/mol. The lowest BCUT2D eigenvalue weighted by Gasteiger charge is -2.22. The molecule has 8 nitrogen and oxygen atoms in total. The standard InChI is InChI=1S/C20H24N2O6S/c1-4-28-18(23)12-22-19(24)17(29-20(22)25)10-13-9-16(27-3)14(11-15(13)26-2)21-7-5-6-8-21/h9-11H,4-8,12H2,1-3H3/b17-10+. The van der Waals surface area contributed by atoms with Crippen molar-refractivity contribution in [2.24, 2.45) is 0 Å². The molecule has 2 heterocycles. The summed E-state index contributed by atoms with van der Waals surface area (Å²) in [4.78, 5) is 39.8. The molecule has 2 aliphatic heterocycles. The van der Waals surface area contributed by atoms with Gasteiger partial charge in [-0.05, 0) is 43.7 Å². The number of hydrogen-bond donors (Lipinski definition) is 0. The fraction of sp³-hybridized carbons (Fsp3) is 0.450. The summed E-state index contributed by atoms with van der Waals surface area (Å²) in [6, 6.07) is 3.69. The normalized spacial score (nSPS) is 18.0. The second kappa shape index (κ2) is 9.21. The lowest BCUT2D eigenvalue weighted by Crippen LogP contribution is -2.34. The van der Waals surface area contributed by atoms with Crippen LogP contribution < -0.4 is 14.4 Å². The third-order valence-electron chi connectivity index (χ3n) is 4.73. The van der Waals surface area contributed by atoms with Crippen molar-refractivity contribution >= 4 is 40.6 Å². The number of amides is 2. The lowest BCUT2D eigenvalue weighted by atomic mass is 10.1. The fourth-order valence-electron chi connectivity index (χ4n) is 3.34. The molecule has 0 aliphatic carbocycles. The number of nitrogens with zero attached hydrogens (tertiary/aromatic N) is 2. The lowest BCUT2D eigenvalue weighted by molar-refractivity contribution is -0.145. The van der Waals surface area contributed by atoms with Crippen LogP contribution in [0.4, 0.5) is 10.5 Å². The maximum Gasteiger partial charge on any atom is 0.326 e. The molecule has 0 radical (unpaired) electrons. The van der Waals surface area contributed by atoms with E-state index in [1.807, 2.05) is 6.07 Å². The molecule has 0 bridgehead atoms. The first kappa shape index (κ1) is 21.0. The average Bonchev–Trinajstić information content (AvgIpc) is 3.32. The zero-order chi connectivity index (χ0) is 21.0. The van der Waals surface area contributed by atoms with E-state index in [1.165, 1.54) is 0 Å². The molecule has 0 N–H and O–H groups in total. The molecule has 156 valence electrons. The Morgan fingerprint density at radius 2 is 1.83 bits per heavy atom. The summed E-state index contributed by atoms with van der Waals surface area (Å²) in [6.07, 6.45) is 3.84. The highest BCUT2D eigenvalue weighted by atomic mass is 32.2. The Morgan fingerprint density at radius 3 is 2.45 bits per heavy atom. The van der Waals surface area contributed by atoms with E-state index in [1.54, 1.807) is 33.3 Å². The smallest absolute Gasteiger partial charge is 0.326 e. The van der Waals surface area contributed by atoms with Gasteiger partial charge >= 0.3 is 5.97 Å². The molecule has 3 rings (SSSR count). The minimum atomic E-state index is -0.620. The Balaban J connectivity index is 1.90. The highest BCUT2D eigenvalue weighted by Gasteiger charge is 2.37. The first-order valence-electron chi connectivity index (χ1n) is 9.40. The minimum Gasteiger partial charge on any atom is -0.496 e. The van der Waals surface area contributed by atoms with Crippen LogP contribution in [0.5, 0.6) is 11.5 Å². The van der Waals surface area contributed by atoms with Gasteiger partial charge in [0, 0.05) is 24.7 Å². The minimum absolute atomic E-state index is 0.186. The molecular weight excluding hydrogens is 396 g/mol. The molecule has 0 unspecified atom stereocenters. The molecule has 0 atom stereocenters. The number of anilines is 1. The molecule has 29 heavy (non-hydrogen) atoms. The van der Waals surface area contributed by atoms with Gasteiger partial charge in [-0.25, -0.2) is 0 Å². The molecule has 0 saturated carbocycles. The number of esters is 1. The average molecular weight is 420 g/mol. The van der Waals surface area contributed by atoms with Gasteiger partial charge in [0.1, 0.15) is 18.0 Å². The summed E-state index contributed by atoms with van der Waals surface area (Å²) in [7, 11) is 3.15. The van der Waals surface area contributed by atoms with E-state index < -0.39 is 23.7 Å². The van der Waals surface area contributed by atoms with Gasteiger partial charge in [0.2, 0.25) is 0 Å². The van der Waals surface area contributed by atoms with Gasteiger partial charge in [0.25, 0.3) is 11.1 Å². The van der Waals surface area contributed by atoms with E-state index in [0.29, 0.717) is 17.1 Å². The summed E-state index contributed by atoms with van der Waals surface area (Å²) in [5.74, 6) is 0.0950. The van der Waals surface area contributed by atoms with Gasteiger partial charge in [0.05, 0.1) is 31.4 Å². The van der Waals surface area contributed by atoms with E-state index in [0.717, 1.165) is 48.3 Å². The number of hydrogen-bond acceptors (Lipinski definition) is 8. The Kier molecular flexibility index (Phi) is 6.68. The van der Waals surface area contributed by atoms with Crippen LogP contribution in [0.3, 0.4) is 0 Å². The number of imide groups is 1. The van der Waals surface area contributed by atoms with Gasteiger partial charge in [-0.1, -0.05) is 0 Å². The first-order valence-corrected chi connectivity index (χ1v) is 10.2. The zero-order valence-electron chi connectivity index (χ0n) is 16.7. The number of carbonyl (C=O) groups is 3. The summed E-state index contributed by atoms with van der Waals surface area (Å²) in [5, 5.41) is -0.506. The van der Waals surface area contributed by atoms with Crippen molar-refractivity contribution in [3.05, 3.63) is 22.6 Å². The van der Waals surface area contributed by atoms with Crippen molar-refractivity contribution in [2.75, 3.05) is 45.4 Å². The van der Waals surface area contributed by atoms with Crippen LogP contribution in [0.15, 0.2) is 17.0 Å². The largest absolute Gasteiger partial charge is 0.496 e. The van der Waals surface area contributed by atoms with E-state index >= 15 is 0 Å². The van der Waals surface area contributed by atoms with Crippen molar-refractivity contribution in [3.63, 3.8) is 0 Å². The van der Waals surface area contributed by atoms with Crippen molar-refractivity contribution in [2.45, 2.75) is 19.8 Å². The third-order valence-corrected chi connectivity index (χ3v) is 5.64. The second-order valence-corrected chi connectivity index (χ2v) is 7.53. The summed E-state index contributed by atoms with van der Waals surface area (Å²) in [5.41, 5.74) is 1.56. The Morgan fingerprint density at radius 1 is 1.14 bits per heavy atom. The molecule has 0 aromatic heterocycles. The Bertz CT molecular complexity index is 848. The molecule has 2 aliphatic rings. The highest BCUT2D eigenvalue weighted by molar-refractivity contribution is 8.18. The van der Waals surface area contributed by atoms with E-state index in [2.05, 4.69) is 4.90 Å². The molecule has 2 amide bonds. The van der Waals surface area contributed by atoms with Crippen LogP contribution in [0.2, 0.25) is 0 Å². The van der Waals surface area contributed by atoms with Crippen LogP contribution in [-0.4, -0.2) is 62.5 Å². The van der Waals surface area contributed by atoms with Gasteiger partial charge in [0.15, 0.2) is 0 Å². The Labute approximate surface area is 173 Å². The highest BCUT2D eigenvalue weighted by Crippen LogP contribution is 2.40. The Hall–Kier alpha value is -2.68. The van der Waals surface area contributed by atoms with Gasteiger partial charge in [-0.3, -0.25) is 19.3 Å². The monoisotopic (exact) mass is 420 g/mol. The summed E-state index contributed by atoms with van der Waals surface area (Å²) >= 11 is 0.783. The zero-order valence-corrected chi connectivity index (χ0v) is 17.5. The molecular formula is C20H24N2O6S. The molecule has 2 saturated heterocycles. The topological polar surface area (TPSA) is 85.4 Å². The van der Waals surface area contributed by atoms with Crippen LogP contribution in [-0.2, 0) is 14.3 Å². The van der Waals surface area contributed by atoms with Crippen molar-refractivity contribution in [1.29, 1.82) is 0 Å². The molecule has 2 fully saturated rings. The molecule has 9 heteroatoms. The van der Waals surface area contributed by atoms with Crippen LogP contribution >= 0.6 is 11.8 Å². The van der Waals surface area contributed by atoms with Crippen LogP contribution in [0.25, 0.3) is 6.08 Å². The van der Waals surface area contributed by atoms with Crippen LogP contribution in [0, 0.1) is 0 Å². The maximum atomic E-state index is 12.6. The fourth-order valence-corrected chi connectivity index (χ4v) is 4.17. The van der Waals surface area contributed by atoms with Gasteiger partial charge < -0.3 is 19.1 Å². The second-order valence-electron chi connectivity index (χ2n) is 6.53. The molecule has 1 aromatic carbocycles. The maximum absolute atomic E-state index is 12.6. The molecule has 1 aromatic rings. The number of benzene rings is 1. The number of methoxy groups -OCH3 is 2. The predicted octanol–water partition coefficient (Wildman–Crippen LogP) is 2.90. The summed E-state index contributed by atoms with van der Waals surface area (Å²) in [6.45, 7) is 3.35. The SMILES string of the molecule is CCOC(=O)CN1C(=O)S/C(=C/c2cc(OC)c(N3CCCC3)cc2OC)C1=O. The van der Waals surface area contributed by atoms with E-state index in [9.17, 15) is 14.4 Å². The number of thioether (sulfide) groups is 1.